The van der Waals surface area contributed by atoms with Crippen LogP contribution in [0.1, 0.15) is 129 Å². The monoisotopic (exact) mass is 676 g/mol. The van der Waals surface area contributed by atoms with Gasteiger partial charge in [0.2, 0.25) is 5.91 Å². The van der Waals surface area contributed by atoms with Gasteiger partial charge in [0.05, 0.1) is 28.2 Å². The number of amides is 1. The molecule has 0 aromatic carbocycles. The largest absolute Gasteiger partial charge is 2.00 e. The smallest absolute Gasteiger partial charge is 0.859 e. The van der Waals surface area contributed by atoms with Crippen molar-refractivity contribution in [1.82, 2.24) is 5.32 Å². The summed E-state index contributed by atoms with van der Waals surface area (Å²) in [5.41, 5.74) is 0. The molecule has 0 heterocycles. The molecule has 0 fully saturated rings. The van der Waals surface area contributed by atoms with Crippen LogP contribution in [0.4, 0.5) is 0 Å². The van der Waals surface area contributed by atoms with Gasteiger partial charge < -0.3 is 20.0 Å². The number of hydrogen-bond acceptors (Lipinski definition) is 8. The van der Waals surface area contributed by atoms with E-state index >= 15 is 0 Å². The molecule has 10 nitrogen and oxygen atoms in total. The number of unbranched alkanes of at least 4 members (excludes halogenated alkanes) is 16. The molecule has 0 aliphatic carbocycles. The van der Waals surface area contributed by atoms with Gasteiger partial charge in [-0.05, 0) is 37.7 Å². The fourth-order valence-electron chi connectivity index (χ4n) is 3.85. The Bertz CT molecular complexity index is 953. The molecule has 43 heavy (non-hydrogen) atoms. The number of nitrogens with zero attached hydrogens (tertiary/aromatic N) is 1. The van der Waals surface area contributed by atoms with E-state index in [0.717, 1.165) is 32.1 Å². The summed E-state index contributed by atoms with van der Waals surface area (Å²) in [6.45, 7) is 4.09. The van der Waals surface area contributed by atoms with Crippen LogP contribution in [0.25, 0.3) is 0 Å². The van der Waals surface area contributed by atoms with Gasteiger partial charge >= 0.3 is 37.7 Å². The second kappa shape index (κ2) is 32.9. The van der Waals surface area contributed by atoms with E-state index in [1.165, 1.54) is 95.6 Å². The van der Waals surface area contributed by atoms with Gasteiger partial charge in [0, 0.05) is 6.54 Å². The van der Waals surface area contributed by atoms with Gasteiger partial charge in [-0.25, -0.2) is 8.42 Å². The zero-order valence-corrected chi connectivity index (χ0v) is 30.5. The minimum atomic E-state index is -4.28. The van der Waals surface area contributed by atoms with E-state index in [2.05, 4.69) is 24.2 Å². The number of carbonyl (C=O) groups is 1. The molecule has 0 aromatic rings. The third-order valence-corrected chi connectivity index (χ3v) is 7.65. The zero-order valence-electron chi connectivity index (χ0n) is 26.6. The Hall–Kier alpha value is -0.500. The number of allylic oxidation sites excluding steroid dienone is 2. The van der Waals surface area contributed by atoms with Gasteiger partial charge in [0.1, 0.15) is 0 Å². The van der Waals surface area contributed by atoms with Crippen molar-refractivity contribution in [1.29, 1.82) is 0 Å². The molecule has 0 radical (unpaired) electrons. The summed E-state index contributed by atoms with van der Waals surface area (Å²) < 4.78 is 60.3. The second-order valence-electron chi connectivity index (χ2n) is 10.4. The van der Waals surface area contributed by atoms with Crippen LogP contribution in [0.3, 0.4) is 0 Å². The molecule has 0 rings (SSSR count). The van der Waals surface area contributed by atoms with E-state index in [4.69, 9.17) is 4.55 Å². The summed E-state index contributed by atoms with van der Waals surface area (Å²) in [4.78, 5) is 14.8. The fourth-order valence-corrected chi connectivity index (χ4v) is 4.52. The molecular weight excluding hydrogens is 621 g/mol. The van der Waals surface area contributed by atoms with Crippen LogP contribution in [0.2, 0.25) is 0 Å². The second-order valence-corrected chi connectivity index (χ2v) is 13.5. The Morgan fingerprint density at radius 2 is 1.14 bits per heavy atom. The van der Waals surface area contributed by atoms with Crippen LogP contribution in [-0.4, -0.2) is 100 Å². The summed E-state index contributed by atoms with van der Waals surface area (Å²) in [6, 6.07) is 0. The first-order valence-corrected chi connectivity index (χ1v) is 18.8. The number of hydrogen-bond donors (Lipinski definition) is 2. The third kappa shape index (κ3) is 46.0. The van der Waals surface area contributed by atoms with Crippen molar-refractivity contribution < 1.29 is 35.8 Å². The summed E-state index contributed by atoms with van der Waals surface area (Å²) in [7, 11) is -8.29. The predicted molar refractivity (Wildman–Crippen MR) is 175 cm³/mol. The number of aliphatic imine (C=N–C) groups is 1. The molecule has 2 N–H and O–H groups in total. The third-order valence-electron chi connectivity index (χ3n) is 6.25. The maximum absolute atomic E-state index is 11.3. The van der Waals surface area contributed by atoms with Gasteiger partial charge in [-0.2, -0.15) is 8.42 Å². The minimum Gasteiger partial charge on any atom is -0.859 e. The average Bonchev–Trinajstić information content (AvgIpc) is 2.90. The fraction of sp³-hybridized carbons (Fsp3) is 0.800. The van der Waals surface area contributed by atoms with Crippen molar-refractivity contribution in [2.45, 2.75) is 129 Å². The molecule has 0 aliphatic heterocycles. The molecule has 0 unspecified atom stereocenters. The van der Waals surface area contributed by atoms with E-state index < -0.39 is 37.6 Å². The van der Waals surface area contributed by atoms with Gasteiger partial charge in [0.15, 0.2) is 0 Å². The Balaban J connectivity index is -0.000000727. The molecule has 1 amide bonds. The molecule has 13 heteroatoms. The van der Waals surface area contributed by atoms with Crippen molar-refractivity contribution in [3.05, 3.63) is 24.3 Å². The first-order chi connectivity index (χ1) is 19.9. The first-order valence-electron chi connectivity index (χ1n) is 15.6. The molecule has 0 aromatic heterocycles. The molecule has 248 valence electrons. The van der Waals surface area contributed by atoms with Crippen molar-refractivity contribution >= 4 is 69.8 Å². The van der Waals surface area contributed by atoms with E-state index in [1.54, 1.807) is 12.2 Å². The van der Waals surface area contributed by atoms with Gasteiger partial charge in [-0.3, -0.25) is 9.35 Å². The number of nitrogens with one attached hydrogen (secondary N) is 1. The number of carbonyl (C=O) groups excluding carboxylic acids is 1. The van der Waals surface area contributed by atoms with E-state index in [9.17, 15) is 31.3 Å². The van der Waals surface area contributed by atoms with Crippen LogP contribution in [0.5, 0.6) is 0 Å². The Morgan fingerprint density at radius 1 is 0.721 bits per heavy atom. The minimum absolute atomic E-state index is 0. The summed E-state index contributed by atoms with van der Waals surface area (Å²) in [6.07, 6.45) is 28.0. The van der Waals surface area contributed by atoms with E-state index in [0.29, 0.717) is 0 Å². The first kappa shape index (κ1) is 46.9. The van der Waals surface area contributed by atoms with Crippen molar-refractivity contribution in [2.24, 2.45) is 4.99 Å². The van der Waals surface area contributed by atoms with Crippen LogP contribution in [0.15, 0.2) is 29.3 Å². The Morgan fingerprint density at radius 3 is 1.56 bits per heavy atom. The maximum atomic E-state index is 11.3. The Labute approximate surface area is 292 Å². The molecule has 0 saturated heterocycles. The van der Waals surface area contributed by atoms with Crippen molar-refractivity contribution in [2.75, 3.05) is 24.6 Å². The summed E-state index contributed by atoms with van der Waals surface area (Å²) in [5.74, 6) is -1.87. The SMILES string of the molecule is CCCCCCCCCC/C=C/C(=O)NCCS(=O)(=O)O.CCCCCCCCCC/C=C/C([O-])=NCCS(=O)(=O)[O-].[Ca+2]. The normalized spacial score (nSPS) is 12.2. The van der Waals surface area contributed by atoms with E-state index in [-0.39, 0.29) is 56.7 Å². The maximum Gasteiger partial charge on any atom is 2.00 e. The zero-order chi connectivity index (χ0) is 32.0. The van der Waals surface area contributed by atoms with Gasteiger partial charge in [-0.15, -0.1) is 0 Å². The van der Waals surface area contributed by atoms with E-state index in [1.807, 2.05) is 0 Å². The molecule has 0 bridgehead atoms. The number of rotatable bonds is 26. The summed E-state index contributed by atoms with van der Waals surface area (Å²) >= 11 is 0. The molecule has 0 saturated carbocycles. The van der Waals surface area contributed by atoms with Crippen LogP contribution >= 0.6 is 0 Å². The van der Waals surface area contributed by atoms with Crippen LogP contribution in [-0.2, 0) is 25.0 Å². The van der Waals surface area contributed by atoms with Crippen molar-refractivity contribution in [3.8, 4) is 0 Å². The predicted octanol–water partition coefficient (Wildman–Crippen LogP) is 5.07. The Kier molecular flexibility index (Phi) is 35.9. The standard InChI is InChI=1S/2C15H29NO4S.Ca/c2*1-2-3-4-5-6-7-8-9-10-11-12-15(17)16-13-14-21(18,19)20;/h2*11-12H,2-10,13-14H2,1H3,(H,16,17)(H,18,19,20);/q;;+2/p-2/b2*12-11+;. The molecule has 0 spiro atoms. The van der Waals surface area contributed by atoms with Crippen molar-refractivity contribution in [3.63, 3.8) is 0 Å². The van der Waals surface area contributed by atoms with Crippen LogP contribution in [0, 0.1) is 0 Å². The molecule has 0 aliphatic rings. The molecule has 0 atom stereocenters. The van der Waals surface area contributed by atoms with Gasteiger partial charge in [0.25, 0.3) is 10.1 Å². The molecular formula is C30H56CaN2O8S2. The summed E-state index contributed by atoms with van der Waals surface area (Å²) in [5, 5.41) is 13.6. The van der Waals surface area contributed by atoms with Gasteiger partial charge in [-0.1, -0.05) is 122 Å². The average molecular weight is 677 g/mol. The topological polar surface area (TPSA) is 176 Å². The quantitative estimate of drug-likeness (QED) is 0.0319. The van der Waals surface area contributed by atoms with Crippen LogP contribution < -0.4 is 10.4 Å².